The quantitative estimate of drug-likeness (QED) is 0.538. The highest BCUT2D eigenvalue weighted by atomic mass is 16.5. The Kier molecular flexibility index (Phi) is 5.86. The first kappa shape index (κ1) is 15.5. The molecule has 0 unspecified atom stereocenters. The minimum atomic E-state index is -1.07. The van der Waals surface area contributed by atoms with Crippen molar-refractivity contribution in [2.75, 3.05) is 6.61 Å². The van der Waals surface area contributed by atoms with Crippen molar-refractivity contribution in [2.45, 2.75) is 46.0 Å². The van der Waals surface area contributed by atoms with E-state index >= 15 is 0 Å². The van der Waals surface area contributed by atoms with Gasteiger partial charge in [0.15, 0.2) is 17.3 Å². The van der Waals surface area contributed by atoms with Crippen molar-refractivity contribution in [3.63, 3.8) is 0 Å². The number of carbonyl (C=O) groups is 4. The maximum atomic E-state index is 11.9. The fourth-order valence-electron chi connectivity index (χ4n) is 2.24. The summed E-state index contributed by atoms with van der Waals surface area (Å²) in [6.45, 7) is 3.60. The summed E-state index contributed by atoms with van der Waals surface area (Å²) in [7, 11) is 0. The van der Waals surface area contributed by atoms with Crippen LogP contribution >= 0.6 is 0 Å². The number of rotatable bonds is 6. The third kappa shape index (κ3) is 4.26. The van der Waals surface area contributed by atoms with E-state index in [-0.39, 0.29) is 61.5 Å². The number of ether oxygens (including phenoxy) is 1. The fraction of sp³-hybridized carbons (Fsp3) is 0.714. The van der Waals surface area contributed by atoms with Gasteiger partial charge in [-0.15, -0.1) is 0 Å². The molecule has 0 bridgehead atoms. The molecule has 0 atom stereocenters. The molecule has 0 aromatic carbocycles. The Bertz CT molecular complexity index is 367. The molecule has 0 aliphatic heterocycles. The number of carbonyl (C=O) groups excluding carboxylic acids is 4. The lowest BCUT2D eigenvalue weighted by molar-refractivity contribution is -0.150. The van der Waals surface area contributed by atoms with Crippen LogP contribution in [0.15, 0.2) is 0 Å². The van der Waals surface area contributed by atoms with Crippen LogP contribution in [0, 0.1) is 11.8 Å². The van der Waals surface area contributed by atoms with Gasteiger partial charge in [-0.25, -0.2) is 0 Å². The number of hydrogen-bond donors (Lipinski definition) is 0. The number of esters is 1. The van der Waals surface area contributed by atoms with E-state index in [9.17, 15) is 19.2 Å². The van der Waals surface area contributed by atoms with Crippen LogP contribution in [-0.2, 0) is 23.9 Å². The lowest BCUT2D eigenvalue weighted by atomic mass is 9.77. The number of hydrogen-bond acceptors (Lipinski definition) is 5. The molecule has 106 valence electrons. The monoisotopic (exact) mass is 268 g/mol. The summed E-state index contributed by atoms with van der Waals surface area (Å²) in [5.74, 6) is -2.62. The Balaban J connectivity index is 2.56. The molecule has 0 amide bonds. The third-order valence-corrected chi connectivity index (χ3v) is 3.21. The first-order chi connectivity index (χ1) is 8.99. The second-order valence-corrected chi connectivity index (χ2v) is 4.89. The molecule has 1 saturated carbocycles. The summed E-state index contributed by atoms with van der Waals surface area (Å²) in [5.41, 5.74) is 0. The standard InChI is InChI=1S/C14H20O5/c1-3-5-10(15)14-11(16)6-9(7-12(14)17)8-19-13(18)4-2/h9,14H,3-8H2,1-2H3. The summed E-state index contributed by atoms with van der Waals surface area (Å²) >= 11 is 0. The van der Waals surface area contributed by atoms with E-state index in [1.807, 2.05) is 6.92 Å². The van der Waals surface area contributed by atoms with Crippen molar-refractivity contribution in [3.8, 4) is 0 Å². The molecule has 19 heavy (non-hydrogen) atoms. The topological polar surface area (TPSA) is 77.5 Å². The Hall–Kier alpha value is -1.52. The van der Waals surface area contributed by atoms with Crippen molar-refractivity contribution in [3.05, 3.63) is 0 Å². The highest BCUT2D eigenvalue weighted by molar-refractivity contribution is 6.20. The zero-order valence-electron chi connectivity index (χ0n) is 11.4. The molecule has 0 spiro atoms. The Morgan fingerprint density at radius 3 is 2.21 bits per heavy atom. The minimum absolute atomic E-state index is 0.0822. The van der Waals surface area contributed by atoms with Crippen LogP contribution in [0.3, 0.4) is 0 Å². The van der Waals surface area contributed by atoms with Gasteiger partial charge in [0.05, 0.1) is 6.61 Å². The van der Waals surface area contributed by atoms with Crippen LogP contribution in [0.4, 0.5) is 0 Å². The van der Waals surface area contributed by atoms with Gasteiger partial charge >= 0.3 is 5.97 Å². The van der Waals surface area contributed by atoms with E-state index < -0.39 is 5.92 Å². The second kappa shape index (κ2) is 7.16. The Morgan fingerprint density at radius 2 is 1.74 bits per heavy atom. The summed E-state index contributed by atoms with van der Waals surface area (Å²) in [4.78, 5) is 46.5. The molecule has 1 fully saturated rings. The lowest BCUT2D eigenvalue weighted by Crippen LogP contribution is -2.40. The van der Waals surface area contributed by atoms with Crippen LogP contribution < -0.4 is 0 Å². The maximum absolute atomic E-state index is 11.9. The molecule has 1 aliphatic carbocycles. The van der Waals surface area contributed by atoms with E-state index in [0.29, 0.717) is 6.42 Å². The smallest absolute Gasteiger partial charge is 0.305 e. The first-order valence-electron chi connectivity index (χ1n) is 6.73. The van der Waals surface area contributed by atoms with E-state index in [1.54, 1.807) is 6.92 Å². The zero-order chi connectivity index (χ0) is 14.4. The van der Waals surface area contributed by atoms with Crippen molar-refractivity contribution in [1.29, 1.82) is 0 Å². The summed E-state index contributed by atoms with van der Waals surface area (Å²) in [5, 5.41) is 0. The summed E-state index contributed by atoms with van der Waals surface area (Å²) in [6.07, 6.45) is 1.45. The molecular formula is C14H20O5. The molecule has 0 heterocycles. The van der Waals surface area contributed by atoms with Crippen LogP contribution in [0.25, 0.3) is 0 Å². The number of ketones is 3. The molecule has 0 aromatic rings. The van der Waals surface area contributed by atoms with Crippen molar-refractivity contribution >= 4 is 23.3 Å². The molecule has 0 N–H and O–H groups in total. The van der Waals surface area contributed by atoms with Gasteiger partial charge in [-0.05, 0) is 6.42 Å². The largest absolute Gasteiger partial charge is 0.465 e. The number of Topliss-reactive ketones (excluding diaryl/α,β-unsaturated/α-hetero) is 3. The van der Waals surface area contributed by atoms with E-state index in [2.05, 4.69) is 0 Å². The molecule has 5 heteroatoms. The zero-order valence-corrected chi connectivity index (χ0v) is 11.4. The van der Waals surface area contributed by atoms with Crippen molar-refractivity contribution in [2.24, 2.45) is 11.8 Å². The van der Waals surface area contributed by atoms with Gasteiger partial charge in [-0.1, -0.05) is 13.8 Å². The maximum Gasteiger partial charge on any atom is 0.305 e. The van der Waals surface area contributed by atoms with Gasteiger partial charge in [-0.2, -0.15) is 0 Å². The molecule has 5 nitrogen and oxygen atoms in total. The molecule has 0 saturated heterocycles. The predicted molar refractivity (Wildman–Crippen MR) is 67.4 cm³/mol. The van der Waals surface area contributed by atoms with Gasteiger partial charge in [-0.3, -0.25) is 19.2 Å². The van der Waals surface area contributed by atoms with Crippen molar-refractivity contribution in [1.82, 2.24) is 0 Å². The van der Waals surface area contributed by atoms with Gasteiger partial charge in [0.25, 0.3) is 0 Å². The molecule has 1 aliphatic rings. The molecule has 0 aromatic heterocycles. The van der Waals surface area contributed by atoms with Crippen LogP contribution in [-0.4, -0.2) is 29.9 Å². The molecule has 0 radical (unpaired) electrons. The van der Waals surface area contributed by atoms with Gasteiger partial charge in [0.1, 0.15) is 5.92 Å². The van der Waals surface area contributed by atoms with Crippen LogP contribution in [0.2, 0.25) is 0 Å². The highest BCUT2D eigenvalue weighted by Crippen LogP contribution is 2.25. The average Bonchev–Trinajstić information content (AvgIpc) is 2.35. The summed E-state index contributed by atoms with van der Waals surface area (Å²) in [6, 6.07) is 0. The molecular weight excluding hydrogens is 248 g/mol. The van der Waals surface area contributed by atoms with Crippen LogP contribution in [0.1, 0.15) is 46.0 Å². The minimum Gasteiger partial charge on any atom is -0.465 e. The van der Waals surface area contributed by atoms with Crippen LogP contribution in [0.5, 0.6) is 0 Å². The second-order valence-electron chi connectivity index (χ2n) is 4.89. The highest BCUT2D eigenvalue weighted by Gasteiger charge is 2.39. The first-order valence-corrected chi connectivity index (χ1v) is 6.73. The van der Waals surface area contributed by atoms with Gasteiger partial charge < -0.3 is 4.74 Å². The van der Waals surface area contributed by atoms with E-state index in [1.165, 1.54) is 0 Å². The lowest BCUT2D eigenvalue weighted by Gasteiger charge is -2.25. The van der Waals surface area contributed by atoms with Gasteiger partial charge in [0.2, 0.25) is 0 Å². The third-order valence-electron chi connectivity index (χ3n) is 3.21. The molecule has 1 rings (SSSR count). The fourth-order valence-corrected chi connectivity index (χ4v) is 2.24. The Morgan fingerprint density at radius 1 is 1.16 bits per heavy atom. The van der Waals surface area contributed by atoms with E-state index in [0.717, 1.165) is 0 Å². The van der Waals surface area contributed by atoms with Gasteiger partial charge in [0, 0.05) is 31.6 Å². The normalized spacial score (nSPS) is 23.3. The average molecular weight is 268 g/mol. The summed E-state index contributed by atoms with van der Waals surface area (Å²) < 4.78 is 4.94. The SMILES string of the molecule is CCCC(=O)C1C(=O)CC(COC(=O)CC)CC1=O. The Labute approximate surface area is 112 Å². The van der Waals surface area contributed by atoms with E-state index in [4.69, 9.17) is 4.74 Å². The van der Waals surface area contributed by atoms with Crippen molar-refractivity contribution < 1.29 is 23.9 Å². The predicted octanol–water partition coefficient (Wildman–Crippen LogP) is 1.47.